The van der Waals surface area contributed by atoms with E-state index in [1.807, 2.05) is 28.8 Å². The first kappa shape index (κ1) is 18.3. The largest absolute Gasteiger partial charge is 0.380 e. The molecule has 0 bridgehead atoms. The molecule has 2 N–H and O–H groups in total. The van der Waals surface area contributed by atoms with Crippen LogP contribution in [0.4, 0.5) is 17.5 Å². The first-order valence-electron chi connectivity index (χ1n) is 9.00. The van der Waals surface area contributed by atoms with Crippen LogP contribution in [0.15, 0.2) is 60.8 Å². The highest BCUT2D eigenvalue weighted by Crippen LogP contribution is 2.25. The molecule has 142 valence electrons. The molecule has 28 heavy (non-hydrogen) atoms. The standard InChI is InChI=1S/C21H21ClN6/c1-21(2,3)26-16-7-4-6-14(12-16)17-8-5-9-19-25-20(27-28(17)19)24-18-11-10-15(22)13-23-18/h4-13,26H,1-3H3,(H,23,24,27). The summed E-state index contributed by atoms with van der Waals surface area (Å²) in [6.07, 6.45) is 1.58. The van der Waals surface area contributed by atoms with Crippen LogP contribution in [0.3, 0.4) is 0 Å². The molecule has 0 spiro atoms. The number of pyridine rings is 2. The van der Waals surface area contributed by atoms with E-state index in [4.69, 9.17) is 11.6 Å². The Kier molecular flexibility index (Phi) is 4.65. The van der Waals surface area contributed by atoms with Gasteiger partial charge >= 0.3 is 0 Å². The summed E-state index contributed by atoms with van der Waals surface area (Å²) in [6.45, 7) is 6.42. The number of aromatic nitrogens is 4. The second-order valence-corrected chi connectivity index (χ2v) is 8.00. The lowest BCUT2D eigenvalue weighted by atomic mass is 10.1. The minimum Gasteiger partial charge on any atom is -0.380 e. The number of fused-ring (bicyclic) bond motifs is 1. The van der Waals surface area contributed by atoms with Gasteiger partial charge in [0.2, 0.25) is 5.95 Å². The summed E-state index contributed by atoms with van der Waals surface area (Å²) in [5.74, 6) is 1.12. The average molecular weight is 393 g/mol. The van der Waals surface area contributed by atoms with Crippen molar-refractivity contribution in [1.29, 1.82) is 0 Å². The number of halogens is 1. The minimum absolute atomic E-state index is 0.0133. The molecule has 4 aromatic rings. The Bertz CT molecular complexity index is 1110. The summed E-state index contributed by atoms with van der Waals surface area (Å²) in [5.41, 5.74) is 3.81. The van der Waals surface area contributed by atoms with Gasteiger partial charge in [0.05, 0.1) is 10.7 Å². The number of hydrogen-bond donors (Lipinski definition) is 2. The Morgan fingerprint density at radius 1 is 1.00 bits per heavy atom. The summed E-state index contributed by atoms with van der Waals surface area (Å²) in [5, 5.41) is 11.8. The molecule has 0 aliphatic carbocycles. The van der Waals surface area contributed by atoms with E-state index in [9.17, 15) is 0 Å². The molecule has 3 heterocycles. The van der Waals surface area contributed by atoms with E-state index in [1.54, 1.807) is 18.3 Å². The molecule has 0 saturated heterocycles. The summed E-state index contributed by atoms with van der Waals surface area (Å²) < 4.78 is 1.83. The average Bonchev–Trinajstić information content (AvgIpc) is 3.05. The fraction of sp³-hybridized carbons (Fsp3) is 0.190. The SMILES string of the molecule is CC(C)(C)Nc1cccc(-c2cccc3nc(Nc4ccc(Cl)cn4)nn23)c1. The zero-order chi connectivity index (χ0) is 19.7. The van der Waals surface area contributed by atoms with Crippen LogP contribution in [0.5, 0.6) is 0 Å². The van der Waals surface area contributed by atoms with Gasteiger partial charge in [-0.25, -0.2) is 9.50 Å². The van der Waals surface area contributed by atoms with Gasteiger partial charge in [0.1, 0.15) is 5.82 Å². The molecule has 3 aromatic heterocycles. The normalized spacial score (nSPS) is 11.6. The lowest BCUT2D eigenvalue weighted by molar-refractivity contribution is 0.634. The molecule has 6 nitrogen and oxygen atoms in total. The molecule has 0 radical (unpaired) electrons. The van der Waals surface area contributed by atoms with Crippen LogP contribution < -0.4 is 10.6 Å². The van der Waals surface area contributed by atoms with Gasteiger partial charge < -0.3 is 10.6 Å². The van der Waals surface area contributed by atoms with Crippen LogP contribution in [0, 0.1) is 0 Å². The van der Waals surface area contributed by atoms with Crippen molar-refractivity contribution < 1.29 is 0 Å². The van der Waals surface area contributed by atoms with Gasteiger partial charge in [0, 0.05) is 23.0 Å². The number of benzene rings is 1. The maximum absolute atomic E-state index is 5.89. The van der Waals surface area contributed by atoms with Gasteiger partial charge in [-0.1, -0.05) is 29.8 Å². The molecule has 4 rings (SSSR count). The fourth-order valence-electron chi connectivity index (χ4n) is 2.93. The number of nitrogens with zero attached hydrogens (tertiary/aromatic N) is 4. The third kappa shape index (κ3) is 4.07. The van der Waals surface area contributed by atoms with Crippen molar-refractivity contribution in [2.45, 2.75) is 26.3 Å². The van der Waals surface area contributed by atoms with E-state index in [0.29, 0.717) is 16.8 Å². The number of rotatable bonds is 4. The van der Waals surface area contributed by atoms with Crippen molar-refractivity contribution in [3.8, 4) is 11.3 Å². The predicted molar refractivity (Wildman–Crippen MR) is 114 cm³/mol. The van der Waals surface area contributed by atoms with E-state index in [2.05, 4.69) is 64.7 Å². The van der Waals surface area contributed by atoms with E-state index in [0.717, 1.165) is 22.6 Å². The van der Waals surface area contributed by atoms with Crippen LogP contribution in [-0.4, -0.2) is 25.1 Å². The highest BCUT2D eigenvalue weighted by Gasteiger charge is 2.12. The minimum atomic E-state index is -0.0133. The number of anilines is 3. The number of hydrogen-bond acceptors (Lipinski definition) is 5. The zero-order valence-corrected chi connectivity index (χ0v) is 16.7. The van der Waals surface area contributed by atoms with E-state index in [1.165, 1.54) is 0 Å². The van der Waals surface area contributed by atoms with E-state index in [-0.39, 0.29) is 5.54 Å². The van der Waals surface area contributed by atoms with Gasteiger partial charge in [-0.15, -0.1) is 5.10 Å². The van der Waals surface area contributed by atoms with Crippen molar-refractivity contribution in [3.63, 3.8) is 0 Å². The van der Waals surface area contributed by atoms with Crippen LogP contribution in [0.25, 0.3) is 16.9 Å². The molecule has 0 saturated carbocycles. The van der Waals surface area contributed by atoms with E-state index >= 15 is 0 Å². The van der Waals surface area contributed by atoms with Gasteiger partial charge in [0.25, 0.3) is 0 Å². The molecule has 0 aliphatic rings. The lowest BCUT2D eigenvalue weighted by Gasteiger charge is -2.22. The third-order valence-corrected chi connectivity index (χ3v) is 4.23. The Morgan fingerprint density at radius 3 is 2.57 bits per heavy atom. The Morgan fingerprint density at radius 2 is 1.82 bits per heavy atom. The first-order chi connectivity index (χ1) is 13.4. The monoisotopic (exact) mass is 392 g/mol. The Labute approximate surface area is 168 Å². The second-order valence-electron chi connectivity index (χ2n) is 7.56. The quantitative estimate of drug-likeness (QED) is 0.486. The molecule has 0 aliphatic heterocycles. The second kappa shape index (κ2) is 7.13. The van der Waals surface area contributed by atoms with Crippen LogP contribution >= 0.6 is 11.6 Å². The topological polar surface area (TPSA) is 67.1 Å². The van der Waals surface area contributed by atoms with Crippen molar-refractivity contribution >= 4 is 34.7 Å². The van der Waals surface area contributed by atoms with Gasteiger partial charge in [-0.05, 0) is 57.2 Å². The smallest absolute Gasteiger partial charge is 0.248 e. The molecule has 0 atom stereocenters. The zero-order valence-electron chi connectivity index (χ0n) is 15.9. The summed E-state index contributed by atoms with van der Waals surface area (Å²) in [7, 11) is 0. The molecule has 0 fully saturated rings. The molecule has 0 amide bonds. The lowest BCUT2D eigenvalue weighted by Crippen LogP contribution is -2.25. The molecule has 0 unspecified atom stereocenters. The molecule has 1 aromatic carbocycles. The maximum atomic E-state index is 5.89. The van der Waals surface area contributed by atoms with Crippen LogP contribution in [-0.2, 0) is 0 Å². The number of nitrogens with one attached hydrogen (secondary N) is 2. The molecular weight excluding hydrogens is 372 g/mol. The summed E-state index contributed by atoms with van der Waals surface area (Å²) in [4.78, 5) is 8.78. The van der Waals surface area contributed by atoms with Gasteiger partial charge in [0.15, 0.2) is 5.65 Å². The van der Waals surface area contributed by atoms with Gasteiger partial charge in [-0.2, -0.15) is 4.98 Å². The highest BCUT2D eigenvalue weighted by atomic mass is 35.5. The maximum Gasteiger partial charge on any atom is 0.248 e. The molecule has 7 heteroatoms. The van der Waals surface area contributed by atoms with Crippen LogP contribution in [0.2, 0.25) is 5.02 Å². The van der Waals surface area contributed by atoms with Crippen molar-refractivity contribution in [2.24, 2.45) is 0 Å². The van der Waals surface area contributed by atoms with Gasteiger partial charge in [-0.3, -0.25) is 0 Å². The highest BCUT2D eigenvalue weighted by molar-refractivity contribution is 6.30. The van der Waals surface area contributed by atoms with E-state index < -0.39 is 0 Å². The van der Waals surface area contributed by atoms with Crippen LogP contribution in [0.1, 0.15) is 20.8 Å². The Balaban J connectivity index is 1.69. The third-order valence-electron chi connectivity index (χ3n) is 4.00. The fourth-order valence-corrected chi connectivity index (χ4v) is 3.04. The van der Waals surface area contributed by atoms with Crippen molar-refractivity contribution in [2.75, 3.05) is 10.6 Å². The molecular formula is C21H21ClN6. The predicted octanol–water partition coefficient (Wildman–Crippen LogP) is 5.40. The summed E-state index contributed by atoms with van der Waals surface area (Å²) >= 11 is 5.89. The first-order valence-corrected chi connectivity index (χ1v) is 9.38. The summed E-state index contributed by atoms with van der Waals surface area (Å²) in [6, 6.07) is 17.8. The Hall–Kier alpha value is -3.12. The van der Waals surface area contributed by atoms with Crippen molar-refractivity contribution in [3.05, 3.63) is 65.8 Å². The van der Waals surface area contributed by atoms with Crippen molar-refractivity contribution in [1.82, 2.24) is 19.6 Å².